The summed E-state index contributed by atoms with van der Waals surface area (Å²) < 4.78 is 28.2. The van der Waals surface area contributed by atoms with Crippen molar-refractivity contribution in [3.63, 3.8) is 0 Å². The highest BCUT2D eigenvalue weighted by Crippen LogP contribution is 2.17. The Labute approximate surface area is 149 Å². The maximum atomic E-state index is 12.6. The van der Waals surface area contributed by atoms with Crippen molar-refractivity contribution in [2.75, 3.05) is 26.2 Å². The van der Waals surface area contributed by atoms with E-state index in [9.17, 15) is 13.2 Å². The van der Waals surface area contributed by atoms with E-state index in [2.05, 4.69) is 4.98 Å². The molecule has 1 aromatic heterocycles. The van der Waals surface area contributed by atoms with E-state index in [1.807, 2.05) is 13.8 Å². The topological polar surface area (TPSA) is 102 Å². The van der Waals surface area contributed by atoms with Crippen LogP contribution in [0.25, 0.3) is 0 Å². The third-order valence-corrected chi connectivity index (χ3v) is 6.01. The summed E-state index contributed by atoms with van der Waals surface area (Å²) in [6.07, 6.45) is 1.51. The highest BCUT2D eigenvalue weighted by molar-refractivity contribution is 7.89. The van der Waals surface area contributed by atoms with Crippen molar-refractivity contribution in [2.24, 2.45) is 18.7 Å². The zero-order valence-electron chi connectivity index (χ0n) is 14.5. The molecule has 1 aliphatic heterocycles. The monoisotopic (exact) mass is 379 g/mol. The summed E-state index contributed by atoms with van der Waals surface area (Å²) in [5, 5.41) is 0.0520. The van der Waals surface area contributed by atoms with Crippen LogP contribution in [0.4, 0.5) is 0 Å². The van der Waals surface area contributed by atoms with Crippen LogP contribution in [0.15, 0.2) is 11.2 Å². The third kappa shape index (κ3) is 4.08. The molecule has 0 aromatic carbocycles. The van der Waals surface area contributed by atoms with Crippen molar-refractivity contribution in [1.82, 2.24) is 18.8 Å². The number of aromatic nitrogens is 2. The van der Waals surface area contributed by atoms with Gasteiger partial charge in [-0.15, -0.1) is 12.4 Å². The Kier molecular flexibility index (Phi) is 6.80. The SMILES string of the molecule is Cc1nc(S(=O)(=O)N2CCN(C(=O)[C@@H](N)C(C)C)CC2)cn1C.Cl. The lowest BCUT2D eigenvalue weighted by Gasteiger charge is -2.35. The molecule has 0 unspecified atom stereocenters. The summed E-state index contributed by atoms with van der Waals surface area (Å²) in [5.74, 6) is 0.576. The Balaban J connectivity index is 0.00000288. The Hall–Kier alpha value is -1.16. The van der Waals surface area contributed by atoms with Crippen LogP contribution in [0.5, 0.6) is 0 Å². The lowest BCUT2D eigenvalue weighted by atomic mass is 10.0. The van der Waals surface area contributed by atoms with Gasteiger partial charge in [-0.05, 0) is 12.8 Å². The van der Waals surface area contributed by atoms with Gasteiger partial charge in [0.05, 0.1) is 6.04 Å². The highest BCUT2D eigenvalue weighted by Gasteiger charge is 2.33. The molecular weight excluding hydrogens is 354 g/mol. The predicted molar refractivity (Wildman–Crippen MR) is 93.3 cm³/mol. The van der Waals surface area contributed by atoms with Gasteiger partial charge in [-0.25, -0.2) is 13.4 Å². The fourth-order valence-electron chi connectivity index (χ4n) is 2.43. The first-order chi connectivity index (χ1) is 10.6. The van der Waals surface area contributed by atoms with Crippen LogP contribution in [0.3, 0.4) is 0 Å². The van der Waals surface area contributed by atoms with Crippen molar-refractivity contribution in [3.05, 3.63) is 12.0 Å². The number of piperazine rings is 1. The standard InChI is InChI=1S/C14H25N5O3S.ClH/c1-10(2)13(15)14(20)18-5-7-19(8-6-18)23(21,22)12-9-17(4)11(3)16-12;/h9-10,13H,5-8,15H2,1-4H3;1H/t13-;/m0./s1. The molecule has 8 nitrogen and oxygen atoms in total. The van der Waals surface area contributed by atoms with Crippen molar-refractivity contribution in [2.45, 2.75) is 31.8 Å². The van der Waals surface area contributed by atoms with Gasteiger partial charge < -0.3 is 15.2 Å². The molecule has 2 N–H and O–H groups in total. The van der Waals surface area contributed by atoms with E-state index < -0.39 is 16.1 Å². The zero-order chi connectivity index (χ0) is 17.4. The number of sulfonamides is 1. The molecular formula is C14H26ClN5O3S. The molecule has 0 saturated carbocycles. The summed E-state index contributed by atoms with van der Waals surface area (Å²) in [6.45, 7) is 6.76. The molecule has 1 amide bonds. The van der Waals surface area contributed by atoms with E-state index in [-0.39, 0.29) is 42.3 Å². The maximum absolute atomic E-state index is 12.6. The normalized spacial score (nSPS) is 17.7. The van der Waals surface area contributed by atoms with Crippen LogP contribution >= 0.6 is 12.4 Å². The second-order valence-corrected chi connectivity index (χ2v) is 8.12. The number of nitrogens with two attached hydrogens (primary N) is 1. The number of amides is 1. The van der Waals surface area contributed by atoms with E-state index in [0.29, 0.717) is 18.9 Å². The third-order valence-electron chi connectivity index (χ3n) is 4.24. The fraction of sp³-hybridized carbons (Fsp3) is 0.714. The summed E-state index contributed by atoms with van der Waals surface area (Å²) >= 11 is 0. The average Bonchev–Trinajstić information content (AvgIpc) is 2.86. The van der Waals surface area contributed by atoms with Gasteiger partial charge in [-0.2, -0.15) is 4.31 Å². The Morgan fingerprint density at radius 2 is 1.79 bits per heavy atom. The Morgan fingerprint density at radius 1 is 1.25 bits per heavy atom. The molecule has 1 saturated heterocycles. The lowest BCUT2D eigenvalue weighted by Crippen LogP contribution is -2.55. The molecule has 138 valence electrons. The average molecular weight is 380 g/mol. The number of nitrogens with zero attached hydrogens (tertiary/aromatic N) is 4. The van der Waals surface area contributed by atoms with Gasteiger partial charge in [0.15, 0.2) is 5.03 Å². The van der Waals surface area contributed by atoms with E-state index >= 15 is 0 Å². The van der Waals surface area contributed by atoms with Crippen LogP contribution in [0.2, 0.25) is 0 Å². The fourth-order valence-corrected chi connectivity index (χ4v) is 3.88. The van der Waals surface area contributed by atoms with Crippen LogP contribution in [-0.4, -0.2) is 65.3 Å². The second-order valence-electron chi connectivity index (χ2n) is 6.24. The smallest absolute Gasteiger partial charge is 0.262 e. The molecule has 10 heteroatoms. The predicted octanol–water partition coefficient (Wildman–Crippen LogP) is -0.0335. The summed E-state index contributed by atoms with van der Waals surface area (Å²) in [7, 11) is -1.86. The lowest BCUT2D eigenvalue weighted by molar-refractivity contribution is -0.134. The molecule has 0 radical (unpaired) electrons. The molecule has 2 rings (SSSR count). The zero-order valence-corrected chi connectivity index (χ0v) is 16.1. The largest absolute Gasteiger partial charge is 0.339 e. The summed E-state index contributed by atoms with van der Waals surface area (Å²) in [5.41, 5.74) is 5.89. The van der Waals surface area contributed by atoms with Gasteiger partial charge in [0.25, 0.3) is 10.0 Å². The van der Waals surface area contributed by atoms with Gasteiger partial charge in [0.2, 0.25) is 5.91 Å². The van der Waals surface area contributed by atoms with Gasteiger partial charge in [-0.3, -0.25) is 4.79 Å². The highest BCUT2D eigenvalue weighted by atomic mass is 35.5. The Morgan fingerprint density at radius 3 is 2.21 bits per heavy atom. The summed E-state index contributed by atoms with van der Waals surface area (Å²) in [6, 6.07) is -0.545. The molecule has 0 bridgehead atoms. The van der Waals surface area contributed by atoms with E-state index in [1.165, 1.54) is 10.5 Å². The van der Waals surface area contributed by atoms with Crippen LogP contribution in [0.1, 0.15) is 19.7 Å². The minimum Gasteiger partial charge on any atom is -0.339 e. The van der Waals surface area contributed by atoms with Crippen molar-refractivity contribution >= 4 is 28.3 Å². The number of hydrogen-bond donors (Lipinski definition) is 1. The number of carbonyl (C=O) groups excluding carboxylic acids is 1. The molecule has 2 heterocycles. The Bertz CT molecular complexity index is 661. The van der Waals surface area contributed by atoms with Crippen molar-refractivity contribution in [3.8, 4) is 0 Å². The van der Waals surface area contributed by atoms with E-state index in [4.69, 9.17) is 5.73 Å². The second kappa shape index (κ2) is 7.81. The van der Waals surface area contributed by atoms with Gasteiger partial charge in [0, 0.05) is 39.4 Å². The van der Waals surface area contributed by atoms with Gasteiger partial charge >= 0.3 is 0 Å². The number of carbonyl (C=O) groups is 1. The van der Waals surface area contributed by atoms with Gasteiger partial charge in [-0.1, -0.05) is 13.8 Å². The van der Waals surface area contributed by atoms with Gasteiger partial charge in [0.1, 0.15) is 5.82 Å². The molecule has 1 fully saturated rings. The number of rotatable bonds is 4. The molecule has 0 aliphatic carbocycles. The molecule has 0 spiro atoms. The number of imidazole rings is 1. The first-order valence-corrected chi connectivity index (χ1v) is 9.13. The molecule has 24 heavy (non-hydrogen) atoms. The maximum Gasteiger partial charge on any atom is 0.262 e. The van der Waals surface area contributed by atoms with Crippen LogP contribution < -0.4 is 5.73 Å². The van der Waals surface area contributed by atoms with E-state index in [1.54, 1.807) is 23.4 Å². The number of halogens is 1. The minimum atomic E-state index is -3.62. The molecule has 1 aliphatic rings. The van der Waals surface area contributed by atoms with Crippen molar-refractivity contribution in [1.29, 1.82) is 0 Å². The van der Waals surface area contributed by atoms with E-state index in [0.717, 1.165) is 0 Å². The first-order valence-electron chi connectivity index (χ1n) is 7.69. The molecule has 1 aromatic rings. The van der Waals surface area contributed by atoms with Crippen LogP contribution in [0, 0.1) is 12.8 Å². The molecule has 1 atom stereocenters. The van der Waals surface area contributed by atoms with Crippen molar-refractivity contribution < 1.29 is 13.2 Å². The summed E-state index contributed by atoms with van der Waals surface area (Å²) in [4.78, 5) is 18.0. The van der Waals surface area contributed by atoms with Crippen LogP contribution in [-0.2, 0) is 21.9 Å². The first kappa shape index (κ1) is 20.9. The number of aryl methyl sites for hydroxylation is 2. The quantitative estimate of drug-likeness (QED) is 0.791. The number of hydrogen-bond acceptors (Lipinski definition) is 5. The minimum absolute atomic E-state index is 0.